The lowest BCUT2D eigenvalue weighted by Gasteiger charge is -2.21. The van der Waals surface area contributed by atoms with Crippen molar-refractivity contribution >= 4 is 5.91 Å². The van der Waals surface area contributed by atoms with Gasteiger partial charge >= 0.3 is 0 Å². The zero-order chi connectivity index (χ0) is 9.78. The molecule has 0 aliphatic carbocycles. The molecule has 0 aromatic carbocycles. The van der Waals surface area contributed by atoms with Gasteiger partial charge in [-0.05, 0) is 26.7 Å². The summed E-state index contributed by atoms with van der Waals surface area (Å²) in [6, 6.07) is 0.184. The Morgan fingerprint density at radius 2 is 1.83 bits per heavy atom. The molecule has 0 aromatic heterocycles. The van der Waals surface area contributed by atoms with Crippen molar-refractivity contribution in [1.29, 1.82) is 0 Å². The molecule has 0 rings (SSSR count). The van der Waals surface area contributed by atoms with Crippen LogP contribution in [-0.4, -0.2) is 22.7 Å². The Hall–Kier alpha value is -0.570. The summed E-state index contributed by atoms with van der Waals surface area (Å²) in [6.07, 6.45) is 1.80. The predicted molar refractivity (Wildman–Crippen MR) is 48.8 cm³/mol. The van der Waals surface area contributed by atoms with Crippen molar-refractivity contribution in [1.82, 2.24) is 5.32 Å². The third-order valence-electron chi connectivity index (χ3n) is 1.88. The molecule has 2 N–H and O–H groups in total. The lowest BCUT2D eigenvalue weighted by atomic mass is 10.1. The molecule has 0 radical (unpaired) electrons. The first kappa shape index (κ1) is 11.4. The third-order valence-corrected chi connectivity index (χ3v) is 1.88. The van der Waals surface area contributed by atoms with Gasteiger partial charge < -0.3 is 10.4 Å². The predicted octanol–water partition coefficient (Wildman–Crippen LogP) is 1.06. The number of nitrogens with one attached hydrogen (secondary N) is 1. The van der Waals surface area contributed by atoms with Crippen molar-refractivity contribution in [3.05, 3.63) is 0 Å². The summed E-state index contributed by atoms with van der Waals surface area (Å²) in [5.41, 5.74) is -1.26. The molecular formula is C9H19NO2. The van der Waals surface area contributed by atoms with Crippen LogP contribution in [0.1, 0.15) is 40.5 Å². The average Bonchev–Trinajstić information content (AvgIpc) is 1.97. The fraction of sp³-hybridized carbons (Fsp3) is 0.889. The minimum atomic E-state index is -1.26. The second-order valence-electron chi connectivity index (χ2n) is 3.55. The van der Waals surface area contributed by atoms with E-state index in [4.69, 9.17) is 0 Å². The fourth-order valence-corrected chi connectivity index (χ4v) is 0.855. The second kappa shape index (κ2) is 4.45. The fourth-order valence-electron chi connectivity index (χ4n) is 0.855. The van der Waals surface area contributed by atoms with Gasteiger partial charge in [0.1, 0.15) is 5.60 Å². The second-order valence-corrected chi connectivity index (χ2v) is 3.55. The van der Waals surface area contributed by atoms with E-state index in [0.717, 1.165) is 12.8 Å². The molecule has 0 bridgehead atoms. The summed E-state index contributed by atoms with van der Waals surface area (Å²) in [5.74, 6) is -0.295. The lowest BCUT2D eigenvalue weighted by Crippen LogP contribution is -2.46. The monoisotopic (exact) mass is 173 g/mol. The molecule has 3 nitrogen and oxygen atoms in total. The first-order valence-electron chi connectivity index (χ1n) is 4.45. The molecule has 0 saturated heterocycles. The van der Waals surface area contributed by atoms with Crippen LogP contribution in [0.15, 0.2) is 0 Å². The van der Waals surface area contributed by atoms with E-state index in [1.54, 1.807) is 0 Å². The summed E-state index contributed by atoms with van der Waals surface area (Å²) in [7, 11) is 0. The van der Waals surface area contributed by atoms with Crippen LogP contribution in [0.2, 0.25) is 0 Å². The van der Waals surface area contributed by atoms with Crippen LogP contribution >= 0.6 is 0 Å². The van der Waals surface area contributed by atoms with Crippen LogP contribution in [0.25, 0.3) is 0 Å². The molecular weight excluding hydrogens is 154 g/mol. The van der Waals surface area contributed by atoms with Crippen molar-refractivity contribution in [3.63, 3.8) is 0 Å². The van der Waals surface area contributed by atoms with E-state index < -0.39 is 5.60 Å². The van der Waals surface area contributed by atoms with Crippen LogP contribution in [-0.2, 0) is 4.79 Å². The Balaban J connectivity index is 3.99. The Morgan fingerprint density at radius 1 is 1.42 bits per heavy atom. The van der Waals surface area contributed by atoms with E-state index >= 15 is 0 Å². The van der Waals surface area contributed by atoms with E-state index in [0.29, 0.717) is 0 Å². The van der Waals surface area contributed by atoms with Gasteiger partial charge in [0.05, 0.1) is 0 Å². The van der Waals surface area contributed by atoms with Crippen LogP contribution in [0, 0.1) is 0 Å². The Morgan fingerprint density at radius 3 is 2.08 bits per heavy atom. The summed E-state index contributed by atoms with van der Waals surface area (Å²) in [6.45, 7) is 7.01. The maximum Gasteiger partial charge on any atom is 0.251 e. The van der Waals surface area contributed by atoms with Gasteiger partial charge in [0.25, 0.3) is 5.91 Å². The zero-order valence-corrected chi connectivity index (χ0v) is 8.35. The molecule has 0 saturated carbocycles. The van der Waals surface area contributed by atoms with Gasteiger partial charge in [0, 0.05) is 6.04 Å². The van der Waals surface area contributed by atoms with Crippen LogP contribution < -0.4 is 5.32 Å². The molecule has 0 aromatic rings. The number of aliphatic hydroxyl groups is 1. The molecule has 0 aliphatic rings. The largest absolute Gasteiger partial charge is 0.381 e. The van der Waals surface area contributed by atoms with Gasteiger partial charge in [-0.3, -0.25) is 4.79 Å². The lowest BCUT2D eigenvalue weighted by molar-refractivity contribution is -0.137. The van der Waals surface area contributed by atoms with Crippen molar-refractivity contribution in [2.45, 2.75) is 52.2 Å². The highest BCUT2D eigenvalue weighted by Gasteiger charge is 2.24. The molecule has 3 heteroatoms. The Kier molecular flexibility index (Phi) is 4.24. The van der Waals surface area contributed by atoms with Gasteiger partial charge in [-0.15, -0.1) is 0 Å². The summed E-state index contributed by atoms with van der Waals surface area (Å²) in [5, 5.41) is 12.1. The summed E-state index contributed by atoms with van der Waals surface area (Å²) in [4.78, 5) is 11.2. The maximum absolute atomic E-state index is 11.2. The highest BCUT2D eigenvalue weighted by Crippen LogP contribution is 2.03. The number of hydrogen-bond donors (Lipinski definition) is 2. The molecule has 72 valence electrons. The molecule has 0 unspecified atom stereocenters. The topological polar surface area (TPSA) is 49.3 Å². The van der Waals surface area contributed by atoms with E-state index in [9.17, 15) is 9.90 Å². The Bertz CT molecular complexity index is 145. The maximum atomic E-state index is 11.2. The molecule has 1 amide bonds. The van der Waals surface area contributed by atoms with Crippen molar-refractivity contribution in [2.75, 3.05) is 0 Å². The third kappa shape index (κ3) is 3.72. The first-order valence-corrected chi connectivity index (χ1v) is 4.45. The van der Waals surface area contributed by atoms with Crippen LogP contribution in [0.3, 0.4) is 0 Å². The molecule has 0 fully saturated rings. The minimum Gasteiger partial charge on any atom is -0.381 e. The van der Waals surface area contributed by atoms with Gasteiger partial charge in [-0.25, -0.2) is 0 Å². The first-order chi connectivity index (χ1) is 5.41. The quantitative estimate of drug-likeness (QED) is 0.668. The number of amides is 1. The molecule has 0 aliphatic heterocycles. The van der Waals surface area contributed by atoms with Gasteiger partial charge in [-0.1, -0.05) is 13.8 Å². The number of rotatable bonds is 4. The van der Waals surface area contributed by atoms with Crippen LogP contribution in [0.5, 0.6) is 0 Å². The highest BCUT2D eigenvalue weighted by atomic mass is 16.3. The highest BCUT2D eigenvalue weighted by molar-refractivity contribution is 5.84. The zero-order valence-electron chi connectivity index (χ0n) is 8.35. The number of carbonyl (C=O) groups is 1. The SMILES string of the molecule is CCC(CC)NC(=O)C(C)(C)O. The van der Waals surface area contributed by atoms with E-state index in [1.807, 2.05) is 13.8 Å². The van der Waals surface area contributed by atoms with Gasteiger partial charge in [0.15, 0.2) is 0 Å². The van der Waals surface area contributed by atoms with E-state index in [2.05, 4.69) is 5.32 Å². The number of carbonyl (C=O) groups excluding carboxylic acids is 1. The van der Waals surface area contributed by atoms with Gasteiger partial charge in [-0.2, -0.15) is 0 Å². The molecule has 0 spiro atoms. The van der Waals surface area contributed by atoms with Gasteiger partial charge in [0.2, 0.25) is 0 Å². The number of hydrogen-bond acceptors (Lipinski definition) is 2. The standard InChI is InChI=1S/C9H19NO2/c1-5-7(6-2)10-8(11)9(3,4)12/h7,12H,5-6H2,1-4H3,(H,10,11). The normalized spacial score (nSPS) is 11.8. The average molecular weight is 173 g/mol. The van der Waals surface area contributed by atoms with E-state index in [-0.39, 0.29) is 11.9 Å². The molecule has 0 heterocycles. The molecule has 0 atom stereocenters. The smallest absolute Gasteiger partial charge is 0.251 e. The van der Waals surface area contributed by atoms with E-state index in [1.165, 1.54) is 13.8 Å². The van der Waals surface area contributed by atoms with Crippen molar-refractivity contribution in [2.24, 2.45) is 0 Å². The Labute approximate surface area is 74.2 Å². The van der Waals surface area contributed by atoms with Crippen molar-refractivity contribution < 1.29 is 9.90 Å². The molecule has 12 heavy (non-hydrogen) atoms. The summed E-state index contributed by atoms with van der Waals surface area (Å²) < 4.78 is 0. The summed E-state index contributed by atoms with van der Waals surface area (Å²) >= 11 is 0. The van der Waals surface area contributed by atoms with Crippen molar-refractivity contribution in [3.8, 4) is 0 Å². The minimum absolute atomic E-state index is 0.184. The van der Waals surface area contributed by atoms with Crippen LogP contribution in [0.4, 0.5) is 0 Å².